The zero-order valence-electron chi connectivity index (χ0n) is 12.4. The van der Waals surface area contributed by atoms with E-state index in [4.69, 9.17) is 4.74 Å². The number of thiazole rings is 1. The lowest BCUT2D eigenvalue weighted by Gasteiger charge is -2.15. The van der Waals surface area contributed by atoms with E-state index in [1.807, 2.05) is 11.6 Å². The molecule has 7 nitrogen and oxygen atoms in total. The van der Waals surface area contributed by atoms with E-state index in [9.17, 15) is 4.79 Å². The van der Waals surface area contributed by atoms with Crippen LogP contribution in [0, 0.1) is 5.92 Å². The second kappa shape index (κ2) is 6.89. The van der Waals surface area contributed by atoms with Gasteiger partial charge < -0.3 is 10.1 Å². The zero-order chi connectivity index (χ0) is 15.4. The van der Waals surface area contributed by atoms with Crippen molar-refractivity contribution in [3.8, 4) is 0 Å². The van der Waals surface area contributed by atoms with Gasteiger partial charge >= 0.3 is 6.03 Å². The van der Waals surface area contributed by atoms with Crippen molar-refractivity contribution in [3.63, 3.8) is 0 Å². The molecule has 0 unspecified atom stereocenters. The van der Waals surface area contributed by atoms with Gasteiger partial charge in [-0.2, -0.15) is 5.10 Å². The van der Waals surface area contributed by atoms with Gasteiger partial charge in [0.25, 0.3) is 0 Å². The third-order valence-corrected chi connectivity index (χ3v) is 4.36. The van der Waals surface area contributed by atoms with Crippen LogP contribution in [-0.2, 0) is 11.3 Å². The molecule has 0 saturated heterocycles. The highest BCUT2D eigenvalue weighted by Gasteiger charge is 2.35. The van der Waals surface area contributed by atoms with Crippen molar-refractivity contribution in [1.82, 2.24) is 20.1 Å². The normalized spacial score (nSPS) is 15.5. The first kappa shape index (κ1) is 15.0. The third kappa shape index (κ3) is 3.83. The number of amides is 2. The number of hydrogen-bond acceptors (Lipinski definition) is 5. The second-order valence-corrected chi connectivity index (χ2v) is 6.17. The fourth-order valence-corrected chi connectivity index (χ4v) is 3.01. The van der Waals surface area contributed by atoms with Crippen molar-refractivity contribution in [2.45, 2.75) is 25.4 Å². The van der Waals surface area contributed by atoms with E-state index in [0.717, 1.165) is 17.8 Å². The first-order chi connectivity index (χ1) is 10.8. The molecule has 2 heterocycles. The lowest BCUT2D eigenvalue weighted by atomic mass is 10.2. The molecule has 2 aromatic heterocycles. The van der Waals surface area contributed by atoms with E-state index in [1.165, 1.54) is 0 Å². The first-order valence-corrected chi connectivity index (χ1v) is 8.13. The Balaban J connectivity index is 1.56. The summed E-state index contributed by atoms with van der Waals surface area (Å²) in [6.45, 7) is 1.24. The predicted octanol–water partition coefficient (Wildman–Crippen LogP) is 2.26. The van der Waals surface area contributed by atoms with Gasteiger partial charge in [0.05, 0.1) is 19.2 Å². The maximum atomic E-state index is 12.2. The zero-order valence-corrected chi connectivity index (χ0v) is 13.2. The Morgan fingerprint density at radius 1 is 1.59 bits per heavy atom. The summed E-state index contributed by atoms with van der Waals surface area (Å²) in [6, 6.07) is 1.52. The molecule has 1 aliphatic carbocycles. The van der Waals surface area contributed by atoms with Gasteiger partial charge in [0.1, 0.15) is 5.01 Å². The highest BCUT2D eigenvalue weighted by Crippen LogP contribution is 2.41. The topological polar surface area (TPSA) is 81.1 Å². The molecule has 0 spiro atoms. The van der Waals surface area contributed by atoms with E-state index < -0.39 is 0 Å². The summed E-state index contributed by atoms with van der Waals surface area (Å²) in [5.74, 6) is 1.03. The number of anilines is 1. The maximum absolute atomic E-state index is 12.2. The third-order valence-electron chi connectivity index (χ3n) is 3.50. The van der Waals surface area contributed by atoms with Crippen LogP contribution in [0.2, 0.25) is 0 Å². The summed E-state index contributed by atoms with van der Waals surface area (Å²) >= 11 is 1.57. The van der Waals surface area contributed by atoms with Gasteiger partial charge in [-0.15, -0.1) is 11.3 Å². The number of aromatic nitrogens is 3. The van der Waals surface area contributed by atoms with Gasteiger partial charge in [-0.1, -0.05) is 0 Å². The van der Waals surface area contributed by atoms with Crippen molar-refractivity contribution in [2.75, 3.05) is 19.0 Å². The van der Waals surface area contributed by atoms with E-state index in [2.05, 4.69) is 20.7 Å². The van der Waals surface area contributed by atoms with Crippen LogP contribution in [0.4, 0.5) is 10.6 Å². The molecule has 1 saturated carbocycles. The van der Waals surface area contributed by atoms with Gasteiger partial charge in [-0.3, -0.25) is 10.00 Å². The van der Waals surface area contributed by atoms with Gasteiger partial charge in [0.2, 0.25) is 0 Å². The number of urea groups is 1. The molecule has 118 valence electrons. The lowest BCUT2D eigenvalue weighted by molar-refractivity contribution is 0.183. The number of nitrogens with one attached hydrogen (secondary N) is 2. The van der Waals surface area contributed by atoms with Crippen LogP contribution in [0.5, 0.6) is 0 Å². The number of rotatable bonds is 7. The summed E-state index contributed by atoms with van der Waals surface area (Å²) in [4.78, 5) is 16.5. The highest BCUT2D eigenvalue weighted by atomic mass is 32.1. The highest BCUT2D eigenvalue weighted by molar-refractivity contribution is 7.09. The SMILES string of the molecule is COCCn1ccc(NC(=O)N[C@H](c2nccs2)C2CC2)n1. The molecule has 0 radical (unpaired) electrons. The fourth-order valence-electron chi connectivity index (χ4n) is 2.23. The van der Waals surface area contributed by atoms with Crippen LogP contribution in [0.25, 0.3) is 0 Å². The molecule has 2 aromatic rings. The van der Waals surface area contributed by atoms with Crippen molar-refractivity contribution < 1.29 is 9.53 Å². The molecular formula is C14H19N5O2S. The van der Waals surface area contributed by atoms with Crippen LogP contribution < -0.4 is 10.6 Å². The Hall–Kier alpha value is -1.93. The molecule has 0 aliphatic heterocycles. The van der Waals surface area contributed by atoms with E-state index in [1.54, 1.807) is 35.4 Å². The summed E-state index contributed by atoms with van der Waals surface area (Å²) in [7, 11) is 1.65. The number of nitrogens with zero attached hydrogens (tertiary/aromatic N) is 3. The molecule has 1 aliphatic rings. The molecule has 2 N–H and O–H groups in total. The molecule has 0 bridgehead atoms. The quantitative estimate of drug-likeness (QED) is 0.819. The van der Waals surface area contributed by atoms with Crippen LogP contribution in [-0.4, -0.2) is 34.5 Å². The van der Waals surface area contributed by atoms with Gasteiger partial charge in [0.15, 0.2) is 5.82 Å². The van der Waals surface area contributed by atoms with E-state index in [-0.39, 0.29) is 12.1 Å². The van der Waals surface area contributed by atoms with Crippen molar-refractivity contribution in [1.29, 1.82) is 0 Å². The number of methoxy groups -OCH3 is 1. The predicted molar refractivity (Wildman–Crippen MR) is 83.8 cm³/mol. The summed E-state index contributed by atoms with van der Waals surface area (Å²) in [5, 5.41) is 12.9. The minimum atomic E-state index is -0.246. The number of ether oxygens (including phenoxy) is 1. The van der Waals surface area contributed by atoms with Crippen LogP contribution in [0.1, 0.15) is 23.9 Å². The minimum absolute atomic E-state index is 0.00410. The lowest BCUT2D eigenvalue weighted by Crippen LogP contribution is -2.33. The summed E-state index contributed by atoms with van der Waals surface area (Å²) in [6.07, 6.45) is 5.85. The Kier molecular flexibility index (Phi) is 4.69. The summed E-state index contributed by atoms with van der Waals surface area (Å²) < 4.78 is 6.73. The molecule has 1 atom stereocenters. The number of carbonyl (C=O) groups is 1. The van der Waals surface area contributed by atoms with Crippen molar-refractivity contribution in [3.05, 3.63) is 28.8 Å². The van der Waals surface area contributed by atoms with E-state index in [0.29, 0.717) is 24.9 Å². The van der Waals surface area contributed by atoms with Gasteiger partial charge in [0, 0.05) is 30.9 Å². The average Bonchev–Trinajstić information content (AvgIpc) is 3.02. The average molecular weight is 321 g/mol. The monoisotopic (exact) mass is 321 g/mol. The first-order valence-electron chi connectivity index (χ1n) is 7.25. The van der Waals surface area contributed by atoms with Crippen LogP contribution in [0.3, 0.4) is 0 Å². The molecular weight excluding hydrogens is 302 g/mol. The molecule has 22 heavy (non-hydrogen) atoms. The fraction of sp³-hybridized carbons (Fsp3) is 0.500. The second-order valence-electron chi connectivity index (χ2n) is 5.24. The largest absolute Gasteiger partial charge is 0.383 e. The Labute approximate surface area is 132 Å². The Morgan fingerprint density at radius 2 is 2.45 bits per heavy atom. The smallest absolute Gasteiger partial charge is 0.321 e. The number of carbonyl (C=O) groups excluding carboxylic acids is 1. The van der Waals surface area contributed by atoms with Crippen LogP contribution in [0.15, 0.2) is 23.8 Å². The van der Waals surface area contributed by atoms with Gasteiger partial charge in [-0.25, -0.2) is 9.78 Å². The number of hydrogen-bond donors (Lipinski definition) is 2. The minimum Gasteiger partial charge on any atom is -0.383 e. The summed E-state index contributed by atoms with van der Waals surface area (Å²) in [5.41, 5.74) is 0. The molecule has 2 amide bonds. The molecule has 8 heteroatoms. The van der Waals surface area contributed by atoms with Crippen molar-refractivity contribution in [2.24, 2.45) is 5.92 Å². The van der Waals surface area contributed by atoms with Crippen molar-refractivity contribution >= 4 is 23.2 Å². The maximum Gasteiger partial charge on any atom is 0.321 e. The molecule has 3 rings (SSSR count). The van der Waals surface area contributed by atoms with Crippen LogP contribution >= 0.6 is 11.3 Å². The molecule has 1 fully saturated rings. The standard InChI is InChI=1S/C14H19N5O2S/c1-21-8-7-19-6-4-11(18-19)16-14(20)17-12(10-2-3-10)13-15-5-9-22-13/h4-6,9-10,12H,2-3,7-8H2,1H3,(H2,16,17,18,20)/t12-/m0/s1. The molecule has 0 aromatic carbocycles. The van der Waals surface area contributed by atoms with E-state index >= 15 is 0 Å². The Bertz CT molecular complexity index is 609. The van der Waals surface area contributed by atoms with Gasteiger partial charge in [-0.05, 0) is 18.8 Å². The Morgan fingerprint density at radius 3 is 3.14 bits per heavy atom.